The summed E-state index contributed by atoms with van der Waals surface area (Å²) in [5, 5.41) is 6.22. The third-order valence-corrected chi connectivity index (χ3v) is 2.69. The Morgan fingerprint density at radius 3 is 2.94 bits per heavy atom. The fraction of sp³-hybridized carbons (Fsp3) is 0.273. The number of pyridine rings is 1. The number of carbonyl (C=O) groups excluding carboxylic acids is 1. The van der Waals surface area contributed by atoms with E-state index < -0.39 is 0 Å². The molecule has 2 aromatic rings. The molecule has 17 heavy (non-hydrogen) atoms. The number of nitrogens with one attached hydrogen (secondary N) is 1. The van der Waals surface area contributed by atoms with Crippen molar-refractivity contribution in [2.75, 3.05) is 7.05 Å². The van der Waals surface area contributed by atoms with Crippen LogP contribution in [0.3, 0.4) is 0 Å². The van der Waals surface area contributed by atoms with Crippen LogP contribution in [0.4, 0.5) is 0 Å². The Kier molecular flexibility index (Phi) is 3.13. The van der Waals surface area contributed by atoms with E-state index in [-0.39, 0.29) is 17.8 Å². The van der Waals surface area contributed by atoms with Crippen LogP contribution in [0.25, 0.3) is 0 Å². The zero-order chi connectivity index (χ0) is 12.3. The van der Waals surface area contributed by atoms with Gasteiger partial charge in [-0.2, -0.15) is 5.10 Å². The number of rotatable bonds is 3. The molecule has 0 fully saturated rings. The number of hydrogen-bond donors (Lipinski definition) is 1. The summed E-state index contributed by atoms with van der Waals surface area (Å²) in [6, 6.07) is 3.71. The van der Waals surface area contributed by atoms with Gasteiger partial charge in [-0.25, -0.2) is 4.98 Å². The standard InChI is InChI=1S/C11H13N5O/c1-8(9-4-3-5-12-6-9)16(2)11(17)10-13-7-14-15-10/h3-8H,1-2H3,(H,13,14,15)/t8-/m0/s1. The SMILES string of the molecule is C[C@@H](c1cccnc1)N(C)C(=O)c1ncn[nH]1. The predicted octanol–water partition coefficient (Wildman–Crippen LogP) is 1.03. The average Bonchev–Trinajstić information content (AvgIpc) is 2.91. The largest absolute Gasteiger partial charge is 0.332 e. The minimum Gasteiger partial charge on any atom is -0.332 e. The molecule has 1 amide bonds. The van der Waals surface area contributed by atoms with Gasteiger partial charge in [0.2, 0.25) is 5.82 Å². The monoisotopic (exact) mass is 231 g/mol. The van der Waals surface area contributed by atoms with E-state index in [1.165, 1.54) is 6.33 Å². The second-order valence-corrected chi connectivity index (χ2v) is 3.71. The first-order valence-electron chi connectivity index (χ1n) is 5.22. The molecule has 0 saturated carbocycles. The van der Waals surface area contributed by atoms with Crippen LogP contribution in [0, 0.1) is 0 Å². The van der Waals surface area contributed by atoms with Gasteiger partial charge in [-0.3, -0.25) is 14.9 Å². The van der Waals surface area contributed by atoms with E-state index >= 15 is 0 Å². The van der Waals surface area contributed by atoms with E-state index in [1.54, 1.807) is 24.3 Å². The van der Waals surface area contributed by atoms with E-state index in [1.807, 2.05) is 19.1 Å². The van der Waals surface area contributed by atoms with E-state index in [9.17, 15) is 4.79 Å². The van der Waals surface area contributed by atoms with Crippen LogP contribution < -0.4 is 0 Å². The Hall–Kier alpha value is -2.24. The molecule has 6 nitrogen and oxygen atoms in total. The van der Waals surface area contributed by atoms with Crippen LogP contribution >= 0.6 is 0 Å². The Morgan fingerprint density at radius 2 is 2.35 bits per heavy atom. The van der Waals surface area contributed by atoms with E-state index in [2.05, 4.69) is 20.2 Å². The minimum absolute atomic E-state index is 0.0682. The van der Waals surface area contributed by atoms with Crippen molar-refractivity contribution < 1.29 is 4.79 Å². The van der Waals surface area contributed by atoms with Crippen LogP contribution in [0.5, 0.6) is 0 Å². The Balaban J connectivity index is 2.15. The van der Waals surface area contributed by atoms with Crippen molar-refractivity contribution in [3.8, 4) is 0 Å². The molecule has 2 heterocycles. The number of hydrogen-bond acceptors (Lipinski definition) is 4. The summed E-state index contributed by atoms with van der Waals surface area (Å²) in [6.07, 6.45) is 4.76. The predicted molar refractivity (Wildman–Crippen MR) is 61.1 cm³/mol. The lowest BCUT2D eigenvalue weighted by molar-refractivity contribution is 0.0730. The normalized spacial score (nSPS) is 12.1. The molecule has 2 aromatic heterocycles. The molecular weight excluding hydrogens is 218 g/mol. The summed E-state index contributed by atoms with van der Waals surface area (Å²) in [7, 11) is 1.72. The Labute approximate surface area is 98.7 Å². The fourth-order valence-electron chi connectivity index (χ4n) is 1.50. The summed E-state index contributed by atoms with van der Waals surface area (Å²) >= 11 is 0. The zero-order valence-corrected chi connectivity index (χ0v) is 9.66. The Morgan fingerprint density at radius 1 is 1.53 bits per heavy atom. The molecule has 1 N–H and O–H groups in total. The van der Waals surface area contributed by atoms with Crippen molar-refractivity contribution >= 4 is 5.91 Å². The fourth-order valence-corrected chi connectivity index (χ4v) is 1.50. The smallest absolute Gasteiger partial charge is 0.291 e. The van der Waals surface area contributed by atoms with Crippen molar-refractivity contribution in [3.05, 3.63) is 42.2 Å². The third kappa shape index (κ3) is 2.30. The summed E-state index contributed by atoms with van der Waals surface area (Å²) in [6.45, 7) is 1.94. The van der Waals surface area contributed by atoms with Crippen LogP contribution in [0.1, 0.15) is 29.1 Å². The van der Waals surface area contributed by atoms with Crippen molar-refractivity contribution in [3.63, 3.8) is 0 Å². The lowest BCUT2D eigenvalue weighted by atomic mass is 10.1. The molecule has 6 heteroatoms. The number of H-pyrrole nitrogens is 1. The highest BCUT2D eigenvalue weighted by molar-refractivity contribution is 5.90. The summed E-state index contributed by atoms with van der Waals surface area (Å²) < 4.78 is 0. The van der Waals surface area contributed by atoms with Gasteiger partial charge in [-0.05, 0) is 18.6 Å². The summed E-state index contributed by atoms with van der Waals surface area (Å²) in [4.78, 5) is 21.5. The molecule has 0 aliphatic rings. The van der Waals surface area contributed by atoms with Crippen LogP contribution in [0.15, 0.2) is 30.9 Å². The molecule has 1 atom stereocenters. The van der Waals surface area contributed by atoms with Gasteiger partial charge in [0.25, 0.3) is 5.91 Å². The first-order chi connectivity index (χ1) is 8.20. The van der Waals surface area contributed by atoms with Gasteiger partial charge in [0.1, 0.15) is 6.33 Å². The van der Waals surface area contributed by atoms with Crippen LogP contribution in [0.2, 0.25) is 0 Å². The maximum atomic E-state index is 12.0. The minimum atomic E-state index is -0.196. The number of aromatic amines is 1. The molecule has 0 aliphatic carbocycles. The van der Waals surface area contributed by atoms with Gasteiger partial charge in [0, 0.05) is 19.4 Å². The molecule has 0 aromatic carbocycles. The van der Waals surface area contributed by atoms with Crippen molar-refractivity contribution in [2.45, 2.75) is 13.0 Å². The van der Waals surface area contributed by atoms with Gasteiger partial charge in [0.15, 0.2) is 0 Å². The molecule has 0 unspecified atom stereocenters. The highest BCUT2D eigenvalue weighted by atomic mass is 16.2. The van der Waals surface area contributed by atoms with E-state index in [0.717, 1.165) is 5.56 Å². The van der Waals surface area contributed by atoms with Crippen LogP contribution in [-0.4, -0.2) is 38.0 Å². The van der Waals surface area contributed by atoms with Gasteiger partial charge < -0.3 is 4.90 Å². The van der Waals surface area contributed by atoms with E-state index in [0.29, 0.717) is 0 Å². The average molecular weight is 231 g/mol. The molecule has 2 rings (SSSR count). The maximum absolute atomic E-state index is 12.0. The first kappa shape index (κ1) is 11.3. The maximum Gasteiger partial charge on any atom is 0.291 e. The molecule has 0 spiro atoms. The van der Waals surface area contributed by atoms with Crippen LogP contribution in [-0.2, 0) is 0 Å². The molecular formula is C11H13N5O. The number of carbonyl (C=O) groups is 1. The number of amides is 1. The number of nitrogens with zero attached hydrogens (tertiary/aromatic N) is 4. The Bertz CT molecular complexity index is 482. The second kappa shape index (κ2) is 4.73. The lowest BCUT2D eigenvalue weighted by Gasteiger charge is -2.23. The summed E-state index contributed by atoms with van der Waals surface area (Å²) in [5.74, 6) is 0.0436. The van der Waals surface area contributed by atoms with Gasteiger partial charge in [-0.15, -0.1) is 0 Å². The molecule has 88 valence electrons. The first-order valence-corrected chi connectivity index (χ1v) is 5.22. The zero-order valence-electron chi connectivity index (χ0n) is 9.66. The quantitative estimate of drug-likeness (QED) is 0.856. The van der Waals surface area contributed by atoms with Gasteiger partial charge >= 0.3 is 0 Å². The highest BCUT2D eigenvalue weighted by Gasteiger charge is 2.20. The van der Waals surface area contributed by atoms with E-state index in [4.69, 9.17) is 0 Å². The van der Waals surface area contributed by atoms with Gasteiger partial charge in [0.05, 0.1) is 6.04 Å². The van der Waals surface area contributed by atoms with Gasteiger partial charge in [-0.1, -0.05) is 6.07 Å². The third-order valence-electron chi connectivity index (χ3n) is 2.69. The van der Waals surface area contributed by atoms with Crippen molar-refractivity contribution in [2.24, 2.45) is 0 Å². The number of aromatic nitrogens is 4. The molecule has 0 bridgehead atoms. The molecule has 0 radical (unpaired) electrons. The lowest BCUT2D eigenvalue weighted by Crippen LogP contribution is -2.30. The van der Waals surface area contributed by atoms with Crippen molar-refractivity contribution in [1.82, 2.24) is 25.1 Å². The highest BCUT2D eigenvalue weighted by Crippen LogP contribution is 2.18. The second-order valence-electron chi connectivity index (χ2n) is 3.71. The van der Waals surface area contributed by atoms with Crippen molar-refractivity contribution in [1.29, 1.82) is 0 Å². The topological polar surface area (TPSA) is 74.8 Å². The molecule has 0 aliphatic heterocycles. The summed E-state index contributed by atoms with van der Waals surface area (Å²) in [5.41, 5.74) is 0.975. The molecule has 0 saturated heterocycles.